The zero-order chi connectivity index (χ0) is 14.5. The molecule has 2 rings (SSSR count). The minimum Gasteiger partial charge on any atom is -0.487 e. The molecule has 0 spiro atoms. The zero-order valence-corrected chi connectivity index (χ0v) is 12.8. The fraction of sp³-hybridized carbons (Fsp3) is 0.647. The number of hydrogen-bond donors (Lipinski definition) is 1. The first-order valence-corrected chi connectivity index (χ1v) is 7.74. The minimum atomic E-state index is -0.244. The average Bonchev–Trinajstić information content (AvgIpc) is 2.38. The molecule has 2 atom stereocenters. The molecular weight excluding hydrogens is 253 g/mol. The van der Waals surface area contributed by atoms with Crippen LogP contribution in [0.4, 0.5) is 4.39 Å². The van der Waals surface area contributed by atoms with Crippen LogP contribution in [-0.4, -0.2) is 12.6 Å². The highest BCUT2D eigenvalue weighted by atomic mass is 19.1. The van der Waals surface area contributed by atoms with Crippen LogP contribution in [0.25, 0.3) is 0 Å². The molecule has 0 amide bonds. The van der Waals surface area contributed by atoms with Gasteiger partial charge < -0.3 is 10.1 Å². The topological polar surface area (TPSA) is 21.3 Å². The summed E-state index contributed by atoms with van der Waals surface area (Å²) in [7, 11) is 0. The van der Waals surface area contributed by atoms with Crippen LogP contribution >= 0.6 is 0 Å². The number of hydrogen-bond acceptors (Lipinski definition) is 2. The molecule has 2 unspecified atom stereocenters. The van der Waals surface area contributed by atoms with Crippen LogP contribution in [0.15, 0.2) is 18.2 Å². The molecule has 0 saturated heterocycles. The number of rotatable bonds is 5. The third-order valence-electron chi connectivity index (χ3n) is 4.03. The predicted octanol–water partition coefficient (Wildman–Crippen LogP) is 4.14. The zero-order valence-electron chi connectivity index (χ0n) is 12.8. The molecule has 0 heterocycles. The second-order valence-electron chi connectivity index (χ2n) is 6.17. The molecule has 0 aliphatic heterocycles. The van der Waals surface area contributed by atoms with E-state index in [9.17, 15) is 4.39 Å². The van der Waals surface area contributed by atoms with E-state index in [4.69, 9.17) is 4.74 Å². The van der Waals surface area contributed by atoms with E-state index >= 15 is 0 Å². The molecule has 2 nitrogen and oxygen atoms in total. The molecule has 112 valence electrons. The second-order valence-corrected chi connectivity index (χ2v) is 6.17. The van der Waals surface area contributed by atoms with Crippen molar-refractivity contribution in [2.75, 3.05) is 6.54 Å². The van der Waals surface area contributed by atoms with E-state index in [1.165, 1.54) is 12.5 Å². The highest BCUT2D eigenvalue weighted by Crippen LogP contribution is 2.33. The van der Waals surface area contributed by atoms with Crippen molar-refractivity contribution >= 4 is 0 Å². The van der Waals surface area contributed by atoms with Crippen LogP contribution in [0, 0.1) is 17.7 Å². The van der Waals surface area contributed by atoms with Crippen molar-refractivity contribution in [1.82, 2.24) is 5.32 Å². The van der Waals surface area contributed by atoms with Gasteiger partial charge in [-0.3, -0.25) is 0 Å². The van der Waals surface area contributed by atoms with E-state index in [1.807, 2.05) is 13.0 Å². The molecule has 1 saturated carbocycles. The standard InChI is InChI=1S/C17H26FNO/c1-4-19-11-14-6-5-7-16(18)17(14)20-15-9-12(2)8-13(3)10-15/h5-7,12-13,15,19H,4,8-11H2,1-3H3. The molecule has 1 N–H and O–H groups in total. The first-order chi connectivity index (χ1) is 9.60. The molecule has 1 aromatic carbocycles. The average molecular weight is 279 g/mol. The summed E-state index contributed by atoms with van der Waals surface area (Å²) in [6.45, 7) is 8.08. The van der Waals surface area contributed by atoms with Gasteiger partial charge in [-0.05, 0) is 43.7 Å². The van der Waals surface area contributed by atoms with E-state index in [-0.39, 0.29) is 11.9 Å². The van der Waals surface area contributed by atoms with Crippen molar-refractivity contribution in [3.63, 3.8) is 0 Å². The first-order valence-electron chi connectivity index (χ1n) is 7.74. The summed E-state index contributed by atoms with van der Waals surface area (Å²) >= 11 is 0. The van der Waals surface area contributed by atoms with Gasteiger partial charge in [0.25, 0.3) is 0 Å². The maximum atomic E-state index is 14.1. The summed E-state index contributed by atoms with van der Waals surface area (Å²) < 4.78 is 20.1. The van der Waals surface area contributed by atoms with E-state index in [0.717, 1.165) is 24.9 Å². The van der Waals surface area contributed by atoms with Gasteiger partial charge in [0, 0.05) is 12.1 Å². The molecule has 20 heavy (non-hydrogen) atoms. The SMILES string of the molecule is CCNCc1cccc(F)c1OC1CC(C)CC(C)C1. The summed E-state index contributed by atoms with van der Waals surface area (Å²) in [5, 5.41) is 3.24. The Kier molecular flexibility index (Phi) is 5.41. The molecule has 1 aliphatic carbocycles. The molecule has 0 bridgehead atoms. The Morgan fingerprint density at radius 2 is 1.90 bits per heavy atom. The van der Waals surface area contributed by atoms with Crippen molar-refractivity contribution in [1.29, 1.82) is 0 Å². The summed E-state index contributed by atoms with van der Waals surface area (Å²) in [5.74, 6) is 1.52. The molecule has 1 fully saturated rings. The van der Waals surface area contributed by atoms with Gasteiger partial charge in [-0.1, -0.05) is 32.9 Å². The van der Waals surface area contributed by atoms with Gasteiger partial charge >= 0.3 is 0 Å². The smallest absolute Gasteiger partial charge is 0.165 e. The second kappa shape index (κ2) is 7.07. The Bertz CT molecular complexity index is 425. The van der Waals surface area contributed by atoms with Crippen molar-refractivity contribution in [3.05, 3.63) is 29.6 Å². The fourth-order valence-corrected chi connectivity index (χ4v) is 3.22. The lowest BCUT2D eigenvalue weighted by Gasteiger charge is -2.32. The minimum absolute atomic E-state index is 0.144. The van der Waals surface area contributed by atoms with Crippen LogP contribution < -0.4 is 10.1 Å². The summed E-state index contributed by atoms with van der Waals surface area (Å²) in [5.41, 5.74) is 0.915. The largest absolute Gasteiger partial charge is 0.487 e. The summed E-state index contributed by atoms with van der Waals surface area (Å²) in [6.07, 6.45) is 3.45. The molecule has 0 aromatic heterocycles. The van der Waals surface area contributed by atoms with Crippen LogP contribution in [0.3, 0.4) is 0 Å². The van der Waals surface area contributed by atoms with Crippen LogP contribution in [0.1, 0.15) is 45.6 Å². The van der Waals surface area contributed by atoms with Gasteiger partial charge in [0.05, 0.1) is 6.10 Å². The van der Waals surface area contributed by atoms with E-state index in [2.05, 4.69) is 19.2 Å². The van der Waals surface area contributed by atoms with Crippen LogP contribution in [-0.2, 0) is 6.54 Å². The lowest BCUT2D eigenvalue weighted by atomic mass is 9.82. The maximum absolute atomic E-state index is 14.1. The molecule has 0 radical (unpaired) electrons. The van der Waals surface area contributed by atoms with Gasteiger partial charge in [-0.15, -0.1) is 0 Å². The van der Waals surface area contributed by atoms with E-state index in [1.54, 1.807) is 6.07 Å². The Hall–Kier alpha value is -1.09. The van der Waals surface area contributed by atoms with Gasteiger partial charge in [-0.2, -0.15) is 0 Å². The van der Waals surface area contributed by atoms with Crippen molar-refractivity contribution in [3.8, 4) is 5.75 Å². The molecular formula is C17H26FNO. The Balaban J connectivity index is 2.11. The summed E-state index contributed by atoms with van der Waals surface area (Å²) in [4.78, 5) is 0. The van der Waals surface area contributed by atoms with Crippen molar-refractivity contribution in [2.24, 2.45) is 11.8 Å². The quantitative estimate of drug-likeness (QED) is 0.874. The Morgan fingerprint density at radius 1 is 1.20 bits per heavy atom. The molecule has 3 heteroatoms. The highest BCUT2D eigenvalue weighted by molar-refractivity contribution is 5.35. The van der Waals surface area contributed by atoms with Crippen molar-refractivity contribution in [2.45, 2.75) is 52.7 Å². The van der Waals surface area contributed by atoms with Gasteiger partial charge in [0.2, 0.25) is 0 Å². The lowest BCUT2D eigenvalue weighted by molar-refractivity contribution is 0.0959. The first kappa shape index (κ1) is 15.3. The monoisotopic (exact) mass is 279 g/mol. The third-order valence-corrected chi connectivity index (χ3v) is 4.03. The highest BCUT2D eigenvalue weighted by Gasteiger charge is 2.26. The number of para-hydroxylation sites is 1. The normalized spacial score (nSPS) is 26.5. The predicted molar refractivity (Wildman–Crippen MR) is 80.4 cm³/mol. The molecule has 1 aliphatic rings. The number of nitrogens with one attached hydrogen (secondary N) is 1. The van der Waals surface area contributed by atoms with Crippen LogP contribution in [0.2, 0.25) is 0 Å². The Morgan fingerprint density at radius 3 is 2.55 bits per heavy atom. The summed E-state index contributed by atoms with van der Waals surface area (Å²) in [6, 6.07) is 5.18. The van der Waals surface area contributed by atoms with Gasteiger partial charge in [0.15, 0.2) is 11.6 Å². The fourth-order valence-electron chi connectivity index (χ4n) is 3.22. The number of ether oxygens (including phenoxy) is 1. The third kappa shape index (κ3) is 3.95. The maximum Gasteiger partial charge on any atom is 0.165 e. The van der Waals surface area contributed by atoms with Gasteiger partial charge in [-0.25, -0.2) is 4.39 Å². The number of benzene rings is 1. The van der Waals surface area contributed by atoms with Crippen molar-refractivity contribution < 1.29 is 9.13 Å². The Labute approximate surface area is 121 Å². The van der Waals surface area contributed by atoms with E-state index in [0.29, 0.717) is 24.1 Å². The van der Waals surface area contributed by atoms with E-state index < -0.39 is 0 Å². The number of halogens is 1. The van der Waals surface area contributed by atoms with Crippen LogP contribution in [0.5, 0.6) is 5.75 Å². The van der Waals surface area contributed by atoms with Gasteiger partial charge in [0.1, 0.15) is 0 Å². The molecule has 1 aromatic rings. The lowest BCUT2D eigenvalue weighted by Crippen LogP contribution is -2.29.